The molecule has 5 N–H and O–H groups in total. The maximum Gasteiger partial charge on any atom is 0.317 e. The van der Waals surface area contributed by atoms with Crippen LogP contribution in [-0.2, 0) is 23.8 Å². The minimum Gasteiger partial charge on any atom is -0.481 e. The van der Waals surface area contributed by atoms with Crippen LogP contribution in [-0.4, -0.2) is 87.0 Å². The Morgan fingerprint density at radius 3 is 2.20 bits per heavy atom. The third kappa shape index (κ3) is 6.86. The molecule has 2 fully saturated rings. The number of carboxylic acid groups (broad SMARTS) is 2. The number of unbranched alkanes of at least 4 members (excludes halogenated alkanes) is 2. The number of hydrogen-bond donors (Lipinski definition) is 5. The Kier molecular flexibility index (Phi) is 9.92. The molecule has 174 valence electrons. The van der Waals surface area contributed by atoms with Gasteiger partial charge in [0.15, 0.2) is 12.2 Å². The van der Waals surface area contributed by atoms with Crippen LogP contribution in [0.4, 0.5) is 0 Å². The summed E-state index contributed by atoms with van der Waals surface area (Å²) < 4.78 is 17.4. The Hall–Kier alpha value is -1.30. The van der Waals surface area contributed by atoms with Gasteiger partial charge in [-0.15, -0.1) is 0 Å². The molecule has 0 amide bonds. The van der Waals surface area contributed by atoms with Gasteiger partial charge in [0, 0.05) is 6.61 Å². The van der Waals surface area contributed by atoms with Crippen molar-refractivity contribution in [1.29, 1.82) is 0 Å². The molecule has 10 heteroatoms. The Labute approximate surface area is 175 Å². The number of aliphatic hydroxyl groups excluding tert-OH is 3. The van der Waals surface area contributed by atoms with E-state index in [1.165, 1.54) is 0 Å². The summed E-state index contributed by atoms with van der Waals surface area (Å²) in [6.45, 7) is 2.03. The first-order chi connectivity index (χ1) is 14.2. The first-order valence-electron chi connectivity index (χ1n) is 10.6. The Morgan fingerprint density at radius 2 is 1.57 bits per heavy atom. The molecule has 2 aliphatic rings. The van der Waals surface area contributed by atoms with Crippen LogP contribution in [0.25, 0.3) is 0 Å². The largest absolute Gasteiger partial charge is 0.481 e. The minimum absolute atomic E-state index is 0.0864. The highest BCUT2D eigenvalue weighted by atomic mass is 16.7. The van der Waals surface area contributed by atoms with Crippen LogP contribution in [0.15, 0.2) is 0 Å². The summed E-state index contributed by atoms with van der Waals surface area (Å²) in [4.78, 5) is 21.7. The van der Waals surface area contributed by atoms with Crippen molar-refractivity contribution in [1.82, 2.24) is 0 Å². The van der Waals surface area contributed by atoms with E-state index in [1.54, 1.807) is 6.92 Å². The first kappa shape index (κ1) is 25.0. The molecule has 1 aliphatic carbocycles. The summed E-state index contributed by atoms with van der Waals surface area (Å²) in [5.41, 5.74) is 0. The smallest absolute Gasteiger partial charge is 0.317 e. The number of hydrogen-bond acceptors (Lipinski definition) is 8. The lowest BCUT2D eigenvalue weighted by molar-refractivity contribution is -0.313. The van der Waals surface area contributed by atoms with Crippen molar-refractivity contribution in [3.8, 4) is 0 Å². The molecule has 0 aromatic rings. The van der Waals surface area contributed by atoms with E-state index in [1.807, 2.05) is 0 Å². The molecule has 2 rings (SSSR count). The molecule has 0 aromatic heterocycles. The molecule has 30 heavy (non-hydrogen) atoms. The number of ether oxygens (including phenoxy) is 3. The fraction of sp³-hybridized carbons (Fsp3) is 0.900. The van der Waals surface area contributed by atoms with E-state index in [9.17, 15) is 24.9 Å². The quantitative estimate of drug-likeness (QED) is 0.229. The zero-order chi connectivity index (χ0) is 22.3. The Morgan fingerprint density at radius 1 is 0.933 bits per heavy atom. The van der Waals surface area contributed by atoms with E-state index >= 15 is 0 Å². The maximum atomic E-state index is 10.9. The van der Waals surface area contributed by atoms with E-state index in [2.05, 4.69) is 0 Å². The molecule has 0 spiro atoms. The second-order valence-electron chi connectivity index (χ2n) is 8.13. The molecular weight excluding hydrogens is 400 g/mol. The highest BCUT2D eigenvalue weighted by Gasteiger charge is 2.44. The van der Waals surface area contributed by atoms with Gasteiger partial charge in [-0.2, -0.15) is 0 Å². The lowest BCUT2D eigenvalue weighted by Crippen LogP contribution is -2.58. The minimum atomic E-state index is -1.37. The SMILES string of the molecule is C[C@@H]1O[C@@H](O[C@@H]2CCCC[C@H]2OCCCCCC(C(=O)O)C(=O)O)[C@@H](O)[C@H](O)[C@@H]1O. The van der Waals surface area contributed by atoms with Gasteiger partial charge in [-0.1, -0.05) is 25.7 Å². The summed E-state index contributed by atoms with van der Waals surface area (Å²) in [5.74, 6) is -4.01. The average Bonchev–Trinajstić information content (AvgIpc) is 2.70. The van der Waals surface area contributed by atoms with E-state index < -0.39 is 48.6 Å². The van der Waals surface area contributed by atoms with E-state index in [-0.39, 0.29) is 18.6 Å². The first-order valence-corrected chi connectivity index (χ1v) is 10.6. The van der Waals surface area contributed by atoms with Crippen molar-refractivity contribution in [3.05, 3.63) is 0 Å². The maximum absolute atomic E-state index is 10.9. The molecule has 0 unspecified atom stereocenters. The van der Waals surface area contributed by atoms with Crippen molar-refractivity contribution < 1.29 is 49.3 Å². The third-order valence-corrected chi connectivity index (χ3v) is 5.82. The fourth-order valence-corrected chi connectivity index (χ4v) is 3.92. The van der Waals surface area contributed by atoms with Gasteiger partial charge in [-0.25, -0.2) is 0 Å². The molecule has 1 aliphatic heterocycles. The normalized spacial score (nSPS) is 34.8. The molecule has 0 aromatic carbocycles. The molecule has 0 radical (unpaired) electrons. The van der Waals surface area contributed by atoms with Crippen LogP contribution in [0.5, 0.6) is 0 Å². The highest BCUT2D eigenvalue weighted by molar-refractivity contribution is 5.92. The molecule has 0 bridgehead atoms. The van der Waals surface area contributed by atoms with E-state index in [0.717, 1.165) is 25.7 Å². The summed E-state index contributed by atoms with van der Waals surface area (Å²) in [5, 5.41) is 47.6. The van der Waals surface area contributed by atoms with Gasteiger partial charge < -0.3 is 39.7 Å². The van der Waals surface area contributed by atoms with Crippen molar-refractivity contribution in [2.45, 2.75) is 101 Å². The molecule has 1 saturated heterocycles. The number of aliphatic hydroxyl groups is 3. The average molecular weight is 434 g/mol. The van der Waals surface area contributed by atoms with Crippen LogP contribution in [0, 0.1) is 5.92 Å². The number of carbonyl (C=O) groups is 2. The van der Waals surface area contributed by atoms with Gasteiger partial charge >= 0.3 is 11.9 Å². The second kappa shape index (κ2) is 11.9. The highest BCUT2D eigenvalue weighted by Crippen LogP contribution is 2.29. The van der Waals surface area contributed by atoms with Gasteiger partial charge in [-0.3, -0.25) is 9.59 Å². The summed E-state index contributed by atoms with van der Waals surface area (Å²) in [6, 6.07) is 0. The Balaban J connectivity index is 1.74. The molecule has 7 atom stereocenters. The van der Waals surface area contributed by atoms with Gasteiger partial charge in [-0.05, 0) is 32.6 Å². The second-order valence-corrected chi connectivity index (χ2v) is 8.13. The monoisotopic (exact) mass is 434 g/mol. The van der Waals surface area contributed by atoms with Crippen LogP contribution in [0.3, 0.4) is 0 Å². The summed E-state index contributed by atoms with van der Waals surface area (Å²) in [7, 11) is 0. The van der Waals surface area contributed by atoms with Crippen LogP contribution in [0.2, 0.25) is 0 Å². The zero-order valence-electron chi connectivity index (χ0n) is 17.3. The van der Waals surface area contributed by atoms with Crippen molar-refractivity contribution >= 4 is 11.9 Å². The fourth-order valence-electron chi connectivity index (χ4n) is 3.92. The van der Waals surface area contributed by atoms with E-state index in [4.69, 9.17) is 24.4 Å². The molecule has 10 nitrogen and oxygen atoms in total. The molecule has 1 heterocycles. The van der Waals surface area contributed by atoms with Gasteiger partial charge in [0.25, 0.3) is 0 Å². The Bertz CT molecular complexity index is 542. The predicted molar refractivity (Wildman–Crippen MR) is 103 cm³/mol. The van der Waals surface area contributed by atoms with Crippen LogP contribution >= 0.6 is 0 Å². The summed E-state index contributed by atoms with van der Waals surface area (Å²) >= 11 is 0. The van der Waals surface area contributed by atoms with Crippen LogP contribution < -0.4 is 0 Å². The number of carboxylic acids is 2. The lowest BCUT2D eigenvalue weighted by atomic mass is 9.94. The summed E-state index contributed by atoms with van der Waals surface area (Å²) in [6.07, 6.45) is -0.768. The zero-order valence-corrected chi connectivity index (χ0v) is 17.3. The van der Waals surface area contributed by atoms with Crippen molar-refractivity contribution in [3.63, 3.8) is 0 Å². The third-order valence-electron chi connectivity index (χ3n) is 5.82. The predicted octanol–water partition coefficient (Wildman–Crippen LogP) is 0.504. The number of rotatable bonds is 11. The topological polar surface area (TPSA) is 163 Å². The van der Waals surface area contributed by atoms with Gasteiger partial charge in [0.05, 0.1) is 18.3 Å². The molecular formula is C20H34O10. The van der Waals surface area contributed by atoms with Crippen molar-refractivity contribution in [2.75, 3.05) is 6.61 Å². The van der Waals surface area contributed by atoms with Gasteiger partial charge in [0.1, 0.15) is 18.3 Å². The van der Waals surface area contributed by atoms with E-state index in [0.29, 0.717) is 25.9 Å². The number of aliphatic carboxylic acids is 2. The van der Waals surface area contributed by atoms with Gasteiger partial charge in [0.2, 0.25) is 0 Å². The standard InChI is InChI=1S/C20H34O10/c1-11-15(21)16(22)17(23)20(29-11)30-14-9-5-4-8-13(14)28-10-6-2-3-7-12(18(24)25)19(26)27/h11-17,20-23H,2-10H2,1H3,(H,24,25)(H,26,27)/t11-,13+,14+,15+,16+,17-,20-/m0/s1. The van der Waals surface area contributed by atoms with Crippen LogP contribution in [0.1, 0.15) is 58.3 Å². The van der Waals surface area contributed by atoms with Crippen molar-refractivity contribution in [2.24, 2.45) is 5.92 Å². The lowest BCUT2D eigenvalue weighted by Gasteiger charge is -2.42. The molecule has 1 saturated carbocycles.